The van der Waals surface area contributed by atoms with E-state index >= 15 is 0 Å². The number of allylic oxidation sites excluding steroid dienone is 2. The first-order valence-corrected chi connectivity index (χ1v) is 10.2. The number of esters is 1. The van der Waals surface area contributed by atoms with Crippen molar-refractivity contribution in [3.63, 3.8) is 0 Å². The molecule has 25 heavy (non-hydrogen) atoms. The molecule has 0 aliphatic carbocycles. The van der Waals surface area contributed by atoms with Crippen LogP contribution in [0.5, 0.6) is 0 Å². The van der Waals surface area contributed by atoms with E-state index in [1.54, 1.807) is 0 Å². The summed E-state index contributed by atoms with van der Waals surface area (Å²) in [6.45, 7) is 7.18. The summed E-state index contributed by atoms with van der Waals surface area (Å²) in [5, 5.41) is 0. The van der Waals surface area contributed by atoms with E-state index in [0.717, 1.165) is 71.0 Å². The maximum absolute atomic E-state index is 11.1. The van der Waals surface area contributed by atoms with E-state index in [1.807, 2.05) is 6.92 Å². The van der Waals surface area contributed by atoms with Crippen molar-refractivity contribution in [2.45, 2.75) is 103 Å². The molecule has 0 spiro atoms. The SMILES string of the molecule is CCCCC(CCC/C=C\CCCCCC1(C)OCCO1)OC(C)=O. The Hall–Kier alpha value is -0.870. The number of carbonyl (C=O) groups excluding carboxylic acids is 1. The Morgan fingerprint density at radius 1 is 1.04 bits per heavy atom. The van der Waals surface area contributed by atoms with Crippen molar-refractivity contribution in [3.8, 4) is 0 Å². The summed E-state index contributed by atoms with van der Waals surface area (Å²) in [5.74, 6) is -0.481. The zero-order valence-electron chi connectivity index (χ0n) is 16.6. The minimum Gasteiger partial charge on any atom is -0.463 e. The normalized spacial score (nSPS) is 17.9. The summed E-state index contributed by atoms with van der Waals surface area (Å²) in [4.78, 5) is 11.1. The number of hydrogen-bond donors (Lipinski definition) is 0. The van der Waals surface area contributed by atoms with Crippen molar-refractivity contribution in [2.75, 3.05) is 13.2 Å². The first-order chi connectivity index (χ1) is 12.1. The summed E-state index contributed by atoms with van der Waals surface area (Å²) in [5.41, 5.74) is 0. The molecule has 1 saturated heterocycles. The second kappa shape index (κ2) is 13.3. The maximum Gasteiger partial charge on any atom is 0.302 e. The molecule has 0 radical (unpaired) electrons. The molecule has 4 heteroatoms. The monoisotopic (exact) mass is 354 g/mol. The van der Waals surface area contributed by atoms with Crippen LogP contribution in [0.25, 0.3) is 0 Å². The van der Waals surface area contributed by atoms with Gasteiger partial charge in [0.15, 0.2) is 5.79 Å². The molecule has 1 atom stereocenters. The average molecular weight is 355 g/mol. The van der Waals surface area contributed by atoms with Gasteiger partial charge in [-0.05, 0) is 51.9 Å². The van der Waals surface area contributed by atoms with Gasteiger partial charge in [0, 0.05) is 13.3 Å². The van der Waals surface area contributed by atoms with E-state index in [4.69, 9.17) is 14.2 Å². The van der Waals surface area contributed by atoms with Crippen LogP contribution in [0.1, 0.15) is 91.4 Å². The fourth-order valence-corrected chi connectivity index (χ4v) is 3.21. The molecule has 0 aromatic heterocycles. The Kier molecular flexibility index (Phi) is 11.8. The number of carbonyl (C=O) groups is 1. The van der Waals surface area contributed by atoms with Crippen LogP contribution < -0.4 is 0 Å². The Labute approximate surface area is 154 Å². The summed E-state index contributed by atoms with van der Waals surface area (Å²) < 4.78 is 16.6. The van der Waals surface area contributed by atoms with Crippen molar-refractivity contribution < 1.29 is 19.0 Å². The van der Waals surface area contributed by atoms with E-state index in [2.05, 4.69) is 19.1 Å². The molecule has 146 valence electrons. The van der Waals surface area contributed by atoms with E-state index < -0.39 is 0 Å². The highest BCUT2D eigenvalue weighted by Gasteiger charge is 2.29. The lowest BCUT2D eigenvalue weighted by molar-refractivity contribution is -0.148. The van der Waals surface area contributed by atoms with E-state index in [-0.39, 0.29) is 17.9 Å². The van der Waals surface area contributed by atoms with Gasteiger partial charge in [0.1, 0.15) is 6.10 Å². The third-order valence-corrected chi connectivity index (χ3v) is 4.68. The van der Waals surface area contributed by atoms with E-state index in [1.165, 1.54) is 19.8 Å². The zero-order chi connectivity index (χ0) is 18.4. The highest BCUT2D eigenvalue weighted by molar-refractivity contribution is 5.66. The number of rotatable bonds is 14. The van der Waals surface area contributed by atoms with Gasteiger partial charge in [-0.2, -0.15) is 0 Å². The molecule has 1 aliphatic heterocycles. The first-order valence-electron chi connectivity index (χ1n) is 10.2. The van der Waals surface area contributed by atoms with Crippen LogP contribution in [0.4, 0.5) is 0 Å². The van der Waals surface area contributed by atoms with E-state index in [0.29, 0.717) is 0 Å². The summed E-state index contributed by atoms with van der Waals surface area (Å²) in [7, 11) is 0. The summed E-state index contributed by atoms with van der Waals surface area (Å²) >= 11 is 0. The van der Waals surface area contributed by atoms with Crippen LogP contribution in [0.2, 0.25) is 0 Å². The molecule has 0 saturated carbocycles. The Morgan fingerprint density at radius 2 is 1.68 bits per heavy atom. The van der Waals surface area contributed by atoms with Gasteiger partial charge >= 0.3 is 5.97 Å². The van der Waals surface area contributed by atoms with Crippen molar-refractivity contribution in [3.05, 3.63) is 12.2 Å². The number of unbranched alkanes of at least 4 members (excludes halogenated alkanes) is 5. The minimum absolute atomic E-state index is 0.104. The Balaban J connectivity index is 1.98. The second-order valence-electron chi connectivity index (χ2n) is 7.21. The van der Waals surface area contributed by atoms with Crippen molar-refractivity contribution >= 4 is 5.97 Å². The minimum atomic E-state index is -0.327. The first kappa shape index (κ1) is 22.2. The fourth-order valence-electron chi connectivity index (χ4n) is 3.21. The van der Waals surface area contributed by atoms with Crippen LogP contribution in [-0.4, -0.2) is 31.1 Å². The number of ether oxygens (including phenoxy) is 3. The third kappa shape index (κ3) is 11.4. The Bertz CT molecular complexity index is 372. The van der Waals surface area contributed by atoms with Gasteiger partial charge in [-0.1, -0.05) is 38.3 Å². The molecule has 0 bridgehead atoms. The van der Waals surface area contributed by atoms with Gasteiger partial charge in [-0.25, -0.2) is 0 Å². The highest BCUT2D eigenvalue weighted by Crippen LogP contribution is 2.25. The van der Waals surface area contributed by atoms with Crippen molar-refractivity contribution in [1.82, 2.24) is 0 Å². The molecular formula is C21H38O4. The summed E-state index contributed by atoms with van der Waals surface area (Å²) in [6, 6.07) is 0. The molecule has 1 unspecified atom stereocenters. The van der Waals surface area contributed by atoms with Crippen molar-refractivity contribution in [1.29, 1.82) is 0 Å². The largest absolute Gasteiger partial charge is 0.463 e. The fraction of sp³-hybridized carbons (Fsp3) is 0.857. The van der Waals surface area contributed by atoms with Gasteiger partial charge in [0.05, 0.1) is 13.2 Å². The molecule has 1 heterocycles. The molecule has 1 rings (SSSR count). The highest BCUT2D eigenvalue weighted by atomic mass is 16.7. The molecule has 0 amide bonds. The summed E-state index contributed by atoms with van der Waals surface area (Å²) in [6.07, 6.45) is 16.8. The lowest BCUT2D eigenvalue weighted by Gasteiger charge is -2.21. The molecule has 0 N–H and O–H groups in total. The third-order valence-electron chi connectivity index (χ3n) is 4.68. The smallest absolute Gasteiger partial charge is 0.302 e. The van der Waals surface area contributed by atoms with Crippen LogP contribution in [0.3, 0.4) is 0 Å². The van der Waals surface area contributed by atoms with E-state index in [9.17, 15) is 4.79 Å². The topological polar surface area (TPSA) is 44.8 Å². The number of hydrogen-bond acceptors (Lipinski definition) is 4. The molecule has 1 aliphatic rings. The predicted octanol–water partition coefficient (Wildman–Crippen LogP) is 5.55. The molecule has 0 aromatic carbocycles. The zero-order valence-corrected chi connectivity index (χ0v) is 16.6. The molecule has 4 nitrogen and oxygen atoms in total. The van der Waals surface area contributed by atoms with Gasteiger partial charge in [0.2, 0.25) is 0 Å². The molecule has 0 aromatic rings. The lowest BCUT2D eigenvalue weighted by Crippen LogP contribution is -2.24. The van der Waals surface area contributed by atoms with Crippen LogP contribution >= 0.6 is 0 Å². The van der Waals surface area contributed by atoms with Crippen LogP contribution in [-0.2, 0) is 19.0 Å². The molecule has 1 fully saturated rings. The lowest BCUT2D eigenvalue weighted by atomic mass is 10.1. The van der Waals surface area contributed by atoms with Gasteiger partial charge in [-0.15, -0.1) is 0 Å². The maximum atomic E-state index is 11.1. The van der Waals surface area contributed by atoms with Gasteiger partial charge in [-0.3, -0.25) is 4.79 Å². The molecular weight excluding hydrogens is 316 g/mol. The Morgan fingerprint density at radius 3 is 2.32 bits per heavy atom. The van der Waals surface area contributed by atoms with Crippen molar-refractivity contribution in [2.24, 2.45) is 0 Å². The second-order valence-corrected chi connectivity index (χ2v) is 7.21. The average Bonchev–Trinajstić information content (AvgIpc) is 3.00. The van der Waals surface area contributed by atoms with Crippen LogP contribution in [0.15, 0.2) is 12.2 Å². The quantitative estimate of drug-likeness (QED) is 0.233. The standard InChI is InChI=1S/C21H38O4/c1-4-5-14-20(25-19(2)22)15-12-10-8-6-7-9-11-13-16-21(3)23-17-18-24-21/h6,8,20H,4-5,7,9-18H2,1-3H3/b8-6-. The predicted molar refractivity (Wildman–Crippen MR) is 101 cm³/mol. The van der Waals surface area contributed by atoms with Crippen LogP contribution in [0, 0.1) is 0 Å². The van der Waals surface area contributed by atoms with Gasteiger partial charge < -0.3 is 14.2 Å². The van der Waals surface area contributed by atoms with Gasteiger partial charge in [0.25, 0.3) is 0 Å².